The molecule has 0 spiro atoms. The van der Waals surface area contributed by atoms with Gasteiger partial charge >= 0.3 is 5.97 Å². The number of hydrogen-bond donors (Lipinski definition) is 1. The second kappa shape index (κ2) is 4.30. The number of aliphatic hydroxyl groups excluding tert-OH is 1. The average Bonchev–Trinajstić information content (AvgIpc) is 2.36. The molecule has 0 aromatic rings. The number of carbonyl (C=O) groups excluding carboxylic acids is 1. The van der Waals surface area contributed by atoms with Gasteiger partial charge in [-0.05, 0) is 19.3 Å². The number of aliphatic hydroxyl groups is 1. The molecule has 0 aromatic heterocycles. The fraction of sp³-hybridized carbons (Fsp3) is 0.857. The number of rotatable bonds is 2. The highest BCUT2D eigenvalue weighted by Crippen LogP contribution is 2.23. The first-order valence-corrected chi connectivity index (χ1v) is 4.65. The van der Waals surface area contributed by atoms with Gasteiger partial charge in [-0.2, -0.15) is 0 Å². The molecule has 0 aromatic carbocycles. The Labute approximate surface area is 80.6 Å². The summed E-state index contributed by atoms with van der Waals surface area (Å²) in [6.07, 6.45) is 1.26. The van der Waals surface area contributed by atoms with Gasteiger partial charge in [-0.1, -0.05) is 23.2 Å². The maximum absolute atomic E-state index is 10.8. The summed E-state index contributed by atoms with van der Waals surface area (Å²) >= 11 is 10.5. The third kappa shape index (κ3) is 2.51. The van der Waals surface area contributed by atoms with Gasteiger partial charge in [-0.25, -0.2) is 4.79 Å². The number of hydrogen-bond acceptors (Lipinski definition) is 3. The first kappa shape index (κ1) is 10.1. The minimum absolute atomic E-state index is 0.419. The van der Waals surface area contributed by atoms with E-state index in [0.717, 1.165) is 6.42 Å². The molecular weight excluding hydrogens is 203 g/mol. The average molecular weight is 213 g/mol. The number of alkyl halides is 2. The largest absolute Gasteiger partial charge is 0.458 e. The van der Waals surface area contributed by atoms with Gasteiger partial charge < -0.3 is 9.84 Å². The van der Waals surface area contributed by atoms with Gasteiger partial charge in [-0.3, -0.25) is 0 Å². The third-order valence-corrected chi connectivity index (χ3v) is 2.22. The highest BCUT2D eigenvalue weighted by atomic mass is 35.5. The van der Waals surface area contributed by atoms with E-state index in [1.54, 1.807) is 0 Å². The van der Waals surface area contributed by atoms with E-state index in [4.69, 9.17) is 27.9 Å². The number of halogens is 2. The lowest BCUT2D eigenvalue weighted by Gasteiger charge is -2.15. The maximum Gasteiger partial charge on any atom is 0.339 e. The van der Waals surface area contributed by atoms with Crippen molar-refractivity contribution in [2.75, 3.05) is 0 Å². The Morgan fingerprint density at radius 3 is 2.58 bits per heavy atom. The third-order valence-electron chi connectivity index (χ3n) is 1.86. The summed E-state index contributed by atoms with van der Waals surface area (Å²) in [7, 11) is 0. The van der Waals surface area contributed by atoms with Crippen LogP contribution in [0.5, 0.6) is 0 Å². The summed E-state index contributed by atoms with van der Waals surface area (Å²) < 4.78 is 4.83. The molecule has 1 N–H and O–H groups in total. The molecule has 0 amide bonds. The van der Waals surface area contributed by atoms with Gasteiger partial charge in [0.25, 0.3) is 0 Å². The molecule has 5 heteroatoms. The van der Waals surface area contributed by atoms with Crippen LogP contribution in [0.2, 0.25) is 0 Å². The van der Waals surface area contributed by atoms with Crippen LogP contribution in [0.25, 0.3) is 0 Å². The second-order valence-electron chi connectivity index (χ2n) is 2.77. The van der Waals surface area contributed by atoms with E-state index in [1.807, 2.05) is 0 Å². The lowest BCUT2D eigenvalue weighted by molar-refractivity contribution is -0.151. The first-order valence-electron chi connectivity index (χ1n) is 3.78. The van der Waals surface area contributed by atoms with Gasteiger partial charge in [0.2, 0.25) is 4.84 Å². The van der Waals surface area contributed by atoms with Gasteiger partial charge in [-0.15, -0.1) is 0 Å². The van der Waals surface area contributed by atoms with E-state index < -0.39 is 23.0 Å². The Bertz CT molecular complexity index is 172. The molecule has 1 saturated carbocycles. The Morgan fingerprint density at radius 2 is 2.17 bits per heavy atom. The Hall–Kier alpha value is 0.01000. The number of carbonyl (C=O) groups is 1. The number of ether oxygens (including phenoxy) is 1. The van der Waals surface area contributed by atoms with Gasteiger partial charge in [0, 0.05) is 0 Å². The Kier molecular flexibility index (Phi) is 3.62. The summed E-state index contributed by atoms with van der Waals surface area (Å²) in [5.41, 5.74) is 0. The van der Waals surface area contributed by atoms with E-state index in [0.29, 0.717) is 12.8 Å². The zero-order valence-corrected chi connectivity index (χ0v) is 7.88. The zero-order chi connectivity index (χ0) is 9.14. The molecule has 0 aliphatic heterocycles. The number of esters is 1. The van der Waals surface area contributed by atoms with Crippen molar-refractivity contribution in [3.05, 3.63) is 0 Å². The van der Waals surface area contributed by atoms with Crippen LogP contribution in [0, 0.1) is 0 Å². The highest BCUT2D eigenvalue weighted by Gasteiger charge is 2.29. The predicted octanol–water partition coefficient (Wildman–Crippen LogP) is 1.25. The molecule has 0 heterocycles. The molecule has 2 atom stereocenters. The van der Waals surface area contributed by atoms with Crippen LogP contribution in [-0.4, -0.2) is 28.1 Å². The van der Waals surface area contributed by atoms with Crippen LogP contribution < -0.4 is 0 Å². The quantitative estimate of drug-likeness (QED) is 0.554. The highest BCUT2D eigenvalue weighted by molar-refractivity contribution is 6.52. The normalized spacial score (nSPS) is 29.3. The summed E-state index contributed by atoms with van der Waals surface area (Å²) in [5, 5.41) is 9.26. The summed E-state index contributed by atoms with van der Waals surface area (Å²) in [6.45, 7) is 0. The van der Waals surface area contributed by atoms with Crippen LogP contribution in [0.3, 0.4) is 0 Å². The van der Waals surface area contributed by atoms with Gasteiger partial charge in [0.1, 0.15) is 6.10 Å². The van der Waals surface area contributed by atoms with E-state index in [9.17, 15) is 9.90 Å². The zero-order valence-electron chi connectivity index (χ0n) is 6.37. The van der Waals surface area contributed by atoms with Crippen LogP contribution in [-0.2, 0) is 9.53 Å². The molecular formula is C7H10Cl2O3. The van der Waals surface area contributed by atoms with Crippen molar-refractivity contribution in [2.45, 2.75) is 36.3 Å². The van der Waals surface area contributed by atoms with Gasteiger partial charge in [0.15, 0.2) is 0 Å². The Balaban J connectivity index is 2.35. The van der Waals surface area contributed by atoms with E-state index in [-0.39, 0.29) is 0 Å². The van der Waals surface area contributed by atoms with Crippen molar-refractivity contribution >= 4 is 29.2 Å². The SMILES string of the molecule is O=C(O[C@@H]1CCC[C@@H]1O)C(Cl)Cl. The molecule has 0 unspecified atom stereocenters. The van der Waals surface area contributed by atoms with Crippen LogP contribution in [0.1, 0.15) is 19.3 Å². The van der Waals surface area contributed by atoms with Crippen LogP contribution in [0.4, 0.5) is 0 Å². The minimum atomic E-state index is -1.15. The lowest BCUT2D eigenvalue weighted by atomic mass is 10.3. The molecule has 12 heavy (non-hydrogen) atoms. The molecule has 1 aliphatic rings. The van der Waals surface area contributed by atoms with Gasteiger partial charge in [0.05, 0.1) is 6.10 Å². The molecule has 0 bridgehead atoms. The molecule has 1 rings (SSSR count). The van der Waals surface area contributed by atoms with Crippen molar-refractivity contribution < 1.29 is 14.6 Å². The van der Waals surface area contributed by atoms with Crippen molar-refractivity contribution in [1.82, 2.24) is 0 Å². The fourth-order valence-corrected chi connectivity index (χ4v) is 1.35. The van der Waals surface area contributed by atoms with Crippen LogP contribution >= 0.6 is 23.2 Å². The molecule has 0 radical (unpaired) electrons. The van der Waals surface area contributed by atoms with Crippen molar-refractivity contribution in [3.63, 3.8) is 0 Å². The second-order valence-corrected chi connectivity index (χ2v) is 3.87. The fourth-order valence-electron chi connectivity index (χ4n) is 1.24. The summed E-state index contributed by atoms with van der Waals surface area (Å²) in [4.78, 5) is 9.69. The van der Waals surface area contributed by atoms with Crippen molar-refractivity contribution in [2.24, 2.45) is 0 Å². The smallest absolute Gasteiger partial charge is 0.339 e. The maximum atomic E-state index is 10.8. The lowest BCUT2D eigenvalue weighted by Crippen LogP contribution is -2.28. The summed E-state index contributed by atoms with van der Waals surface area (Å²) in [6, 6.07) is 0. The summed E-state index contributed by atoms with van der Waals surface area (Å²) in [5.74, 6) is -0.677. The molecule has 1 fully saturated rings. The van der Waals surface area contributed by atoms with E-state index in [2.05, 4.69) is 0 Å². The molecule has 0 saturated heterocycles. The standard InChI is InChI=1S/C7H10Cl2O3/c8-6(9)7(11)12-5-3-1-2-4(5)10/h4-6,10H,1-3H2/t4-,5+/m0/s1. The van der Waals surface area contributed by atoms with E-state index in [1.165, 1.54) is 0 Å². The first-order chi connectivity index (χ1) is 5.61. The molecule has 70 valence electrons. The van der Waals surface area contributed by atoms with Crippen molar-refractivity contribution in [1.29, 1.82) is 0 Å². The topological polar surface area (TPSA) is 46.5 Å². The predicted molar refractivity (Wildman–Crippen MR) is 45.2 cm³/mol. The van der Waals surface area contributed by atoms with E-state index >= 15 is 0 Å². The van der Waals surface area contributed by atoms with Crippen LogP contribution in [0.15, 0.2) is 0 Å². The Morgan fingerprint density at radius 1 is 1.50 bits per heavy atom. The molecule has 3 nitrogen and oxygen atoms in total. The molecule has 1 aliphatic carbocycles. The van der Waals surface area contributed by atoms with Crippen molar-refractivity contribution in [3.8, 4) is 0 Å². The monoisotopic (exact) mass is 212 g/mol. The minimum Gasteiger partial charge on any atom is -0.458 e.